The SMILES string of the molecule is CC.CCC/C=C\C1=C(C)C(C)(C)c2cc(C3=CCCCC=C3)ccc21.Cc1cc(-c2ccc(-c3c(C)ccc4c3Cc3ccccc3-4)c(C(C)(C)C)c2)ccc1Nc1ccccc1. The Labute approximate surface area is 386 Å². The van der Waals surface area contributed by atoms with Crippen molar-refractivity contribution >= 4 is 22.5 Å². The van der Waals surface area contributed by atoms with Crippen molar-refractivity contribution in [3.63, 3.8) is 0 Å². The third-order valence-corrected chi connectivity index (χ3v) is 13.5. The van der Waals surface area contributed by atoms with Gasteiger partial charge in [-0.1, -0.05) is 189 Å². The van der Waals surface area contributed by atoms with Gasteiger partial charge >= 0.3 is 0 Å². The van der Waals surface area contributed by atoms with Crippen LogP contribution in [0.25, 0.3) is 44.5 Å². The van der Waals surface area contributed by atoms with E-state index in [1.54, 1.807) is 0 Å². The van der Waals surface area contributed by atoms with Crippen molar-refractivity contribution in [3.05, 3.63) is 202 Å². The Kier molecular flexibility index (Phi) is 14.3. The molecule has 0 saturated carbocycles. The molecule has 0 radical (unpaired) electrons. The van der Waals surface area contributed by atoms with Gasteiger partial charge in [0, 0.05) is 16.8 Å². The molecule has 6 aromatic rings. The van der Waals surface area contributed by atoms with Gasteiger partial charge in [-0.05, 0) is 178 Å². The number of unbranched alkanes of at least 4 members (excludes halogenated alkanes) is 1. The molecule has 3 aliphatic rings. The van der Waals surface area contributed by atoms with E-state index < -0.39 is 0 Å². The van der Waals surface area contributed by atoms with Crippen LogP contribution in [0.2, 0.25) is 0 Å². The van der Waals surface area contributed by atoms with E-state index in [2.05, 4.69) is 213 Å². The van der Waals surface area contributed by atoms with E-state index in [1.165, 1.54) is 120 Å². The number of fused-ring (bicyclic) bond motifs is 4. The molecule has 6 aromatic carbocycles. The van der Waals surface area contributed by atoms with Gasteiger partial charge in [0.1, 0.15) is 0 Å². The van der Waals surface area contributed by atoms with E-state index in [1.807, 2.05) is 19.9 Å². The number of allylic oxidation sites excluding steroid dienone is 8. The van der Waals surface area contributed by atoms with Crippen molar-refractivity contribution in [2.45, 2.75) is 126 Å². The molecule has 0 atom stereocenters. The summed E-state index contributed by atoms with van der Waals surface area (Å²) in [7, 11) is 0. The summed E-state index contributed by atoms with van der Waals surface area (Å²) in [5, 5.41) is 3.55. The lowest BCUT2D eigenvalue weighted by molar-refractivity contribution is 0.592. The van der Waals surface area contributed by atoms with E-state index >= 15 is 0 Å². The monoisotopic (exact) mass is 842 g/mol. The molecule has 0 fully saturated rings. The molecule has 328 valence electrons. The molecule has 0 heterocycles. The Bertz CT molecular complexity index is 2740. The number of nitrogens with one attached hydrogen (secondary N) is 1. The van der Waals surface area contributed by atoms with Gasteiger partial charge in [0.05, 0.1) is 0 Å². The lowest BCUT2D eigenvalue weighted by atomic mass is 9.78. The van der Waals surface area contributed by atoms with Crippen molar-refractivity contribution in [2.24, 2.45) is 0 Å². The zero-order valence-corrected chi connectivity index (χ0v) is 40.7. The summed E-state index contributed by atoms with van der Waals surface area (Å²) in [4.78, 5) is 0. The third kappa shape index (κ3) is 9.61. The van der Waals surface area contributed by atoms with Crippen LogP contribution in [-0.2, 0) is 17.3 Å². The Balaban J connectivity index is 0.000000203. The van der Waals surface area contributed by atoms with Gasteiger partial charge in [-0.3, -0.25) is 0 Å². The summed E-state index contributed by atoms with van der Waals surface area (Å²) in [5.74, 6) is 0. The number of hydrogen-bond donors (Lipinski definition) is 1. The van der Waals surface area contributed by atoms with Crippen LogP contribution in [0.4, 0.5) is 11.4 Å². The van der Waals surface area contributed by atoms with Gasteiger partial charge in [-0.15, -0.1) is 0 Å². The first-order chi connectivity index (χ1) is 30.8. The van der Waals surface area contributed by atoms with Gasteiger partial charge in [0.25, 0.3) is 0 Å². The molecular formula is C63H71N. The first kappa shape index (κ1) is 46.1. The summed E-state index contributed by atoms with van der Waals surface area (Å²) in [6.07, 6.45) is 18.7. The second-order valence-corrected chi connectivity index (χ2v) is 19.3. The highest BCUT2D eigenvalue weighted by atomic mass is 14.9. The molecule has 0 aliphatic heterocycles. The number of para-hydroxylation sites is 1. The number of aryl methyl sites for hydroxylation is 2. The fraction of sp³-hybridized carbons (Fsp3) is 0.302. The van der Waals surface area contributed by atoms with Crippen molar-refractivity contribution in [1.29, 1.82) is 0 Å². The standard InChI is InChI=1S/C37H35N.C24H30.C2H6/c1-24-15-18-31-30-14-10-9-11-28(30)22-33(31)36(24)32-19-16-27(23-34(32)37(3,4)5)26-17-20-35(25(2)21-26)38-29-12-7-6-8-13-29;1-5-6-9-14-21-18(2)24(3,4)23-17-20(15-16-22(21)23)19-12-10-7-8-11-13-19;1-2/h6-21,23,38H,22H2,1-5H3;9-10,12-17H,5-8,11H2,1-4H3;1-2H3/b;14-9-;. The maximum absolute atomic E-state index is 3.55. The van der Waals surface area contributed by atoms with Gasteiger partial charge in [-0.25, -0.2) is 0 Å². The van der Waals surface area contributed by atoms with E-state index in [0.717, 1.165) is 24.2 Å². The molecule has 0 aromatic heterocycles. The van der Waals surface area contributed by atoms with Crippen LogP contribution < -0.4 is 5.32 Å². The molecule has 0 spiro atoms. The molecular weight excluding hydrogens is 771 g/mol. The average Bonchev–Trinajstić information content (AvgIpc) is 3.57. The molecule has 0 amide bonds. The molecule has 0 saturated heterocycles. The van der Waals surface area contributed by atoms with E-state index in [0.29, 0.717) is 0 Å². The number of hydrogen-bond acceptors (Lipinski definition) is 1. The lowest BCUT2D eigenvalue weighted by Gasteiger charge is -2.26. The van der Waals surface area contributed by atoms with E-state index in [-0.39, 0.29) is 10.8 Å². The fourth-order valence-corrected chi connectivity index (χ4v) is 9.71. The number of benzene rings is 6. The quantitative estimate of drug-likeness (QED) is 0.161. The van der Waals surface area contributed by atoms with Crippen molar-refractivity contribution in [2.75, 3.05) is 5.32 Å². The Morgan fingerprint density at radius 3 is 2.11 bits per heavy atom. The normalized spacial score (nSPS) is 14.7. The van der Waals surface area contributed by atoms with E-state index in [9.17, 15) is 0 Å². The molecule has 1 N–H and O–H groups in total. The molecule has 0 bridgehead atoms. The molecule has 1 nitrogen and oxygen atoms in total. The highest BCUT2D eigenvalue weighted by Gasteiger charge is 2.34. The van der Waals surface area contributed by atoms with Crippen molar-refractivity contribution in [3.8, 4) is 33.4 Å². The smallest absolute Gasteiger partial charge is 0.0414 e. The Hall–Kier alpha value is -5.92. The summed E-state index contributed by atoms with van der Waals surface area (Å²) in [6.45, 7) is 24.7. The first-order valence-electron chi connectivity index (χ1n) is 24.0. The van der Waals surface area contributed by atoms with Gasteiger partial charge in [0.15, 0.2) is 0 Å². The number of rotatable bonds is 8. The second-order valence-electron chi connectivity index (χ2n) is 19.3. The summed E-state index contributed by atoms with van der Waals surface area (Å²) >= 11 is 0. The Morgan fingerprint density at radius 2 is 1.36 bits per heavy atom. The maximum Gasteiger partial charge on any atom is 0.0414 e. The van der Waals surface area contributed by atoms with E-state index in [4.69, 9.17) is 0 Å². The summed E-state index contributed by atoms with van der Waals surface area (Å²) < 4.78 is 0. The topological polar surface area (TPSA) is 12.0 Å². The van der Waals surface area contributed by atoms with Gasteiger partial charge in [-0.2, -0.15) is 0 Å². The molecule has 0 unspecified atom stereocenters. The largest absolute Gasteiger partial charge is 0.355 e. The third-order valence-electron chi connectivity index (χ3n) is 13.5. The highest BCUT2D eigenvalue weighted by Crippen LogP contribution is 2.48. The van der Waals surface area contributed by atoms with Crippen LogP contribution >= 0.6 is 0 Å². The summed E-state index contributed by atoms with van der Waals surface area (Å²) in [5.41, 5.74) is 25.9. The van der Waals surface area contributed by atoms with Crippen LogP contribution in [0.15, 0.2) is 157 Å². The second kappa shape index (κ2) is 19.9. The molecule has 9 rings (SSSR count). The lowest BCUT2D eigenvalue weighted by Crippen LogP contribution is -2.15. The zero-order valence-electron chi connectivity index (χ0n) is 40.7. The average molecular weight is 842 g/mol. The van der Waals surface area contributed by atoms with Gasteiger partial charge < -0.3 is 5.32 Å². The first-order valence-corrected chi connectivity index (χ1v) is 24.0. The number of anilines is 2. The predicted octanol–water partition coefficient (Wildman–Crippen LogP) is 18.5. The summed E-state index contributed by atoms with van der Waals surface area (Å²) in [6, 6.07) is 44.8. The maximum atomic E-state index is 3.55. The van der Waals surface area contributed by atoms with Crippen LogP contribution in [-0.4, -0.2) is 0 Å². The van der Waals surface area contributed by atoms with Crippen LogP contribution in [0.1, 0.15) is 139 Å². The van der Waals surface area contributed by atoms with Crippen LogP contribution in [0, 0.1) is 13.8 Å². The van der Waals surface area contributed by atoms with Crippen molar-refractivity contribution < 1.29 is 0 Å². The van der Waals surface area contributed by atoms with Gasteiger partial charge in [0.2, 0.25) is 0 Å². The highest BCUT2D eigenvalue weighted by molar-refractivity contribution is 5.89. The Morgan fingerprint density at radius 1 is 0.672 bits per heavy atom. The minimum atomic E-state index is 0.00974. The minimum absolute atomic E-state index is 0.00974. The predicted molar refractivity (Wildman–Crippen MR) is 282 cm³/mol. The fourth-order valence-electron chi connectivity index (χ4n) is 9.71. The molecule has 3 aliphatic carbocycles. The van der Waals surface area contributed by atoms with Crippen molar-refractivity contribution in [1.82, 2.24) is 0 Å². The van der Waals surface area contributed by atoms with Crippen LogP contribution in [0.3, 0.4) is 0 Å². The zero-order chi connectivity index (χ0) is 45.6. The molecule has 1 heteroatoms. The molecule has 64 heavy (non-hydrogen) atoms. The van der Waals surface area contributed by atoms with Crippen LogP contribution in [0.5, 0.6) is 0 Å². The minimum Gasteiger partial charge on any atom is -0.355 e.